The number of carbonyl (C=O) groups excluding carboxylic acids is 1. The molecular weight excluding hydrogens is 198 g/mol. The van der Waals surface area contributed by atoms with Crippen LogP contribution in [0.3, 0.4) is 0 Å². The first kappa shape index (κ1) is 13.7. The van der Waals surface area contributed by atoms with E-state index in [1.807, 2.05) is 0 Å². The lowest BCUT2D eigenvalue weighted by Gasteiger charge is -2.12. The normalized spacial score (nSPS) is 12.9. The van der Waals surface area contributed by atoms with Crippen LogP contribution in [0.4, 0.5) is 0 Å². The molecule has 1 amide bonds. The third-order valence-corrected chi connectivity index (χ3v) is 3.03. The molecule has 0 fully saturated rings. The molecule has 84 valence electrons. The second-order valence-corrected chi connectivity index (χ2v) is 4.69. The van der Waals surface area contributed by atoms with Gasteiger partial charge in [0.15, 0.2) is 0 Å². The monoisotopic (exact) mass is 219 g/mol. The maximum atomic E-state index is 11.3. The minimum atomic E-state index is -0.412. The first-order valence-corrected chi connectivity index (χ1v) is 6.04. The second kappa shape index (κ2) is 8.08. The van der Waals surface area contributed by atoms with E-state index >= 15 is 0 Å². The van der Waals surface area contributed by atoms with Gasteiger partial charge in [-0.3, -0.25) is 4.79 Å². The second-order valence-electron chi connectivity index (χ2n) is 3.62. The van der Waals surface area contributed by atoms with Gasteiger partial charge >= 0.3 is 0 Å². The van der Waals surface area contributed by atoms with Gasteiger partial charge in [0.25, 0.3) is 0 Å². The van der Waals surface area contributed by atoms with Gasteiger partial charge in [-0.05, 0) is 11.7 Å². The molecule has 0 heterocycles. The van der Waals surface area contributed by atoms with Crippen molar-refractivity contribution in [3.8, 4) is 0 Å². The summed E-state index contributed by atoms with van der Waals surface area (Å²) in [6, 6.07) is -0.412. The van der Waals surface area contributed by atoms with Gasteiger partial charge in [0.05, 0.1) is 6.04 Å². The Kier molecular flexibility index (Phi) is 7.93. The summed E-state index contributed by atoms with van der Waals surface area (Å²) in [5.74, 6) is 2.25. The molecule has 0 aliphatic heterocycles. The summed E-state index contributed by atoms with van der Waals surface area (Å²) in [7, 11) is 0. The number of nitrogens with one attached hydrogen (secondary N) is 1. The first-order valence-electron chi connectivity index (χ1n) is 4.89. The van der Waals surface area contributed by atoms with Crippen LogP contribution >= 0.6 is 11.8 Å². The molecule has 0 aromatic heterocycles. The number of hydrogen-bond donors (Lipinski definition) is 3. The minimum absolute atomic E-state index is 0.105. The van der Waals surface area contributed by atoms with Crippen molar-refractivity contribution in [1.29, 1.82) is 0 Å². The van der Waals surface area contributed by atoms with Crippen molar-refractivity contribution < 1.29 is 4.79 Å². The van der Waals surface area contributed by atoms with Crippen LogP contribution in [0.5, 0.6) is 0 Å². The molecule has 14 heavy (non-hydrogen) atoms. The lowest BCUT2D eigenvalue weighted by molar-refractivity contribution is -0.121. The van der Waals surface area contributed by atoms with Crippen molar-refractivity contribution in [3.63, 3.8) is 0 Å². The number of rotatable bonds is 7. The Hall–Kier alpha value is -0.260. The van der Waals surface area contributed by atoms with Gasteiger partial charge in [-0.1, -0.05) is 13.8 Å². The lowest BCUT2D eigenvalue weighted by Crippen LogP contribution is -2.43. The summed E-state index contributed by atoms with van der Waals surface area (Å²) >= 11 is 1.71. The zero-order chi connectivity index (χ0) is 11.0. The van der Waals surface area contributed by atoms with Crippen LogP contribution in [0.15, 0.2) is 0 Å². The fourth-order valence-corrected chi connectivity index (χ4v) is 1.85. The highest BCUT2D eigenvalue weighted by Crippen LogP contribution is 2.07. The molecule has 0 aliphatic rings. The Morgan fingerprint density at radius 3 is 2.57 bits per heavy atom. The Balaban J connectivity index is 3.51. The maximum Gasteiger partial charge on any atom is 0.237 e. The van der Waals surface area contributed by atoms with Gasteiger partial charge < -0.3 is 16.8 Å². The van der Waals surface area contributed by atoms with Crippen molar-refractivity contribution in [2.24, 2.45) is 17.4 Å². The fraction of sp³-hybridized carbons (Fsp3) is 0.889. The number of carbonyl (C=O) groups is 1. The number of hydrogen-bond acceptors (Lipinski definition) is 4. The Bertz CT molecular complexity index is 164. The highest BCUT2D eigenvalue weighted by Gasteiger charge is 2.12. The summed E-state index contributed by atoms with van der Waals surface area (Å²) in [6.45, 7) is 5.25. The van der Waals surface area contributed by atoms with Crippen LogP contribution in [0.1, 0.15) is 13.8 Å². The average Bonchev–Trinajstić information content (AvgIpc) is 2.13. The standard InChI is InChI=1S/C9H21N3OS/c1-7(2)5-14-6-8(11)9(13)12-4-3-10/h7-8H,3-6,10-11H2,1-2H3,(H,12,13)/t8-/m0/s1. The summed E-state index contributed by atoms with van der Waals surface area (Å²) in [5, 5.41) is 2.67. The topological polar surface area (TPSA) is 81.1 Å². The van der Waals surface area contributed by atoms with E-state index in [4.69, 9.17) is 11.5 Å². The van der Waals surface area contributed by atoms with Crippen molar-refractivity contribution in [2.45, 2.75) is 19.9 Å². The summed E-state index contributed by atoms with van der Waals surface area (Å²) in [6.07, 6.45) is 0. The van der Waals surface area contributed by atoms with E-state index in [0.717, 1.165) is 5.75 Å². The predicted octanol–water partition coefficient (Wildman–Crippen LogP) is -0.222. The van der Waals surface area contributed by atoms with Crippen LogP contribution in [0.2, 0.25) is 0 Å². The van der Waals surface area contributed by atoms with E-state index in [2.05, 4.69) is 19.2 Å². The Morgan fingerprint density at radius 1 is 1.43 bits per heavy atom. The number of thioether (sulfide) groups is 1. The molecule has 0 bridgehead atoms. The Labute approximate surface area is 90.2 Å². The molecule has 0 unspecified atom stereocenters. The van der Waals surface area contributed by atoms with Crippen molar-refractivity contribution in [2.75, 3.05) is 24.6 Å². The average molecular weight is 219 g/mol. The molecule has 0 spiro atoms. The Morgan fingerprint density at radius 2 is 2.07 bits per heavy atom. The van der Waals surface area contributed by atoms with Crippen LogP contribution in [0, 0.1) is 5.92 Å². The molecule has 0 aromatic rings. The minimum Gasteiger partial charge on any atom is -0.353 e. The van der Waals surface area contributed by atoms with Gasteiger partial charge in [0.2, 0.25) is 5.91 Å². The lowest BCUT2D eigenvalue weighted by atomic mass is 10.3. The van der Waals surface area contributed by atoms with E-state index in [1.165, 1.54) is 0 Å². The molecule has 0 rings (SSSR count). The van der Waals surface area contributed by atoms with E-state index in [1.54, 1.807) is 11.8 Å². The van der Waals surface area contributed by atoms with Crippen molar-refractivity contribution in [3.05, 3.63) is 0 Å². The molecule has 0 saturated carbocycles. The first-order chi connectivity index (χ1) is 6.57. The van der Waals surface area contributed by atoms with E-state index in [9.17, 15) is 4.79 Å². The van der Waals surface area contributed by atoms with Crippen molar-refractivity contribution >= 4 is 17.7 Å². The molecule has 0 radical (unpaired) electrons. The molecule has 0 aromatic carbocycles. The third-order valence-electron chi connectivity index (χ3n) is 1.53. The zero-order valence-corrected chi connectivity index (χ0v) is 9.77. The molecule has 5 N–H and O–H groups in total. The van der Waals surface area contributed by atoms with Crippen LogP contribution < -0.4 is 16.8 Å². The number of nitrogens with two attached hydrogens (primary N) is 2. The number of amides is 1. The molecule has 1 atom stereocenters. The molecular formula is C9H21N3OS. The zero-order valence-electron chi connectivity index (χ0n) is 8.95. The molecule has 5 heteroatoms. The summed E-state index contributed by atoms with van der Waals surface area (Å²) in [5.41, 5.74) is 10.9. The van der Waals surface area contributed by atoms with Crippen LogP contribution in [0.25, 0.3) is 0 Å². The van der Waals surface area contributed by atoms with Gasteiger partial charge in [0, 0.05) is 18.8 Å². The van der Waals surface area contributed by atoms with Crippen molar-refractivity contribution in [1.82, 2.24) is 5.32 Å². The van der Waals surface area contributed by atoms with Gasteiger partial charge in [-0.15, -0.1) is 0 Å². The predicted molar refractivity (Wildman–Crippen MR) is 62.2 cm³/mol. The van der Waals surface area contributed by atoms with E-state index in [-0.39, 0.29) is 5.91 Å². The maximum absolute atomic E-state index is 11.3. The SMILES string of the molecule is CC(C)CSC[C@H](N)C(=O)NCCN. The molecule has 0 aliphatic carbocycles. The summed E-state index contributed by atoms with van der Waals surface area (Å²) in [4.78, 5) is 11.3. The third kappa shape index (κ3) is 7.17. The summed E-state index contributed by atoms with van der Waals surface area (Å²) < 4.78 is 0. The highest BCUT2D eigenvalue weighted by atomic mass is 32.2. The van der Waals surface area contributed by atoms with E-state index < -0.39 is 6.04 Å². The van der Waals surface area contributed by atoms with Gasteiger partial charge in [0.1, 0.15) is 0 Å². The van der Waals surface area contributed by atoms with Gasteiger partial charge in [-0.2, -0.15) is 11.8 Å². The molecule has 4 nitrogen and oxygen atoms in total. The smallest absolute Gasteiger partial charge is 0.237 e. The fourth-order valence-electron chi connectivity index (χ4n) is 0.833. The van der Waals surface area contributed by atoms with Crippen LogP contribution in [-0.2, 0) is 4.79 Å². The largest absolute Gasteiger partial charge is 0.353 e. The highest BCUT2D eigenvalue weighted by molar-refractivity contribution is 7.99. The molecule has 0 saturated heterocycles. The van der Waals surface area contributed by atoms with Crippen LogP contribution in [-0.4, -0.2) is 36.5 Å². The van der Waals surface area contributed by atoms with E-state index in [0.29, 0.717) is 24.8 Å². The quantitative estimate of drug-likeness (QED) is 0.553. The van der Waals surface area contributed by atoms with Gasteiger partial charge in [-0.25, -0.2) is 0 Å².